The van der Waals surface area contributed by atoms with E-state index in [1.54, 1.807) is 0 Å². The average Bonchev–Trinajstić information content (AvgIpc) is 3.37. The van der Waals surface area contributed by atoms with E-state index in [0.717, 1.165) is 54.7 Å². The Labute approximate surface area is 215 Å². The van der Waals surface area contributed by atoms with Crippen molar-refractivity contribution in [3.8, 4) is 0 Å². The largest absolute Gasteiger partial charge is 0.366 e. The summed E-state index contributed by atoms with van der Waals surface area (Å²) in [5.41, 5.74) is 7.83. The third-order valence-electron chi connectivity index (χ3n) is 9.80. The van der Waals surface area contributed by atoms with Gasteiger partial charge in [-0.25, -0.2) is 4.98 Å². The molecule has 2 aliphatic carbocycles. The number of aryl methyl sites for hydroxylation is 3. The summed E-state index contributed by atoms with van der Waals surface area (Å²) in [6.45, 7) is 12.0. The SMILES string of the molecule is Cc1cc(N2CCc3c(c(C)nn3CC34CCCC(C3)C(N(C)C(C)C)CC4)C2)c2cnn(C)c2n1. The Morgan fingerprint density at radius 2 is 2.03 bits per heavy atom. The second kappa shape index (κ2) is 8.86. The fraction of sp³-hybridized carbons (Fsp3) is 0.690. The van der Waals surface area contributed by atoms with Crippen molar-refractivity contribution >= 4 is 16.7 Å². The standard InChI is InChI=1S/C29H43N7/c1-19(2)33(5)25-9-12-29(11-7-8-22(25)15-29)18-36-26-10-13-35(17-24(26)21(4)32-36)27-14-20(3)31-28-23(27)16-30-34(28)6/h14,16,19,22,25H,7-13,15,17-18H2,1-6H3. The van der Waals surface area contributed by atoms with Gasteiger partial charge in [-0.15, -0.1) is 0 Å². The van der Waals surface area contributed by atoms with Gasteiger partial charge in [0.25, 0.3) is 0 Å². The Hall–Kier alpha value is -2.41. The number of anilines is 1. The summed E-state index contributed by atoms with van der Waals surface area (Å²) in [7, 11) is 4.32. The zero-order chi connectivity index (χ0) is 25.2. The van der Waals surface area contributed by atoms with Gasteiger partial charge in [-0.2, -0.15) is 10.2 Å². The van der Waals surface area contributed by atoms with Crippen molar-refractivity contribution in [3.63, 3.8) is 0 Å². The first-order valence-corrected chi connectivity index (χ1v) is 14.1. The van der Waals surface area contributed by atoms with E-state index in [-0.39, 0.29) is 0 Å². The van der Waals surface area contributed by atoms with E-state index in [9.17, 15) is 0 Å². The third kappa shape index (κ3) is 3.94. The molecule has 3 unspecified atom stereocenters. The van der Waals surface area contributed by atoms with Gasteiger partial charge in [0.05, 0.1) is 23.0 Å². The van der Waals surface area contributed by atoms with E-state index < -0.39 is 0 Å². The quantitative estimate of drug-likeness (QED) is 0.504. The molecule has 0 aromatic carbocycles. The van der Waals surface area contributed by atoms with Gasteiger partial charge in [0.1, 0.15) is 0 Å². The molecule has 3 atom stereocenters. The lowest BCUT2D eigenvalue weighted by Crippen LogP contribution is -2.50. The lowest BCUT2D eigenvalue weighted by molar-refractivity contribution is -0.0128. The highest BCUT2D eigenvalue weighted by Gasteiger charge is 2.45. The monoisotopic (exact) mass is 489 g/mol. The number of fused-ring (bicyclic) bond motifs is 4. The summed E-state index contributed by atoms with van der Waals surface area (Å²) in [4.78, 5) is 9.89. The molecule has 6 rings (SSSR count). The van der Waals surface area contributed by atoms with Crippen molar-refractivity contribution in [2.24, 2.45) is 18.4 Å². The number of rotatable bonds is 5. The van der Waals surface area contributed by atoms with Crippen LogP contribution in [-0.4, -0.2) is 55.1 Å². The van der Waals surface area contributed by atoms with E-state index >= 15 is 0 Å². The van der Waals surface area contributed by atoms with E-state index in [4.69, 9.17) is 10.1 Å². The van der Waals surface area contributed by atoms with Gasteiger partial charge in [-0.3, -0.25) is 9.36 Å². The third-order valence-corrected chi connectivity index (χ3v) is 9.80. The Balaban J connectivity index is 1.24. The first-order valence-electron chi connectivity index (χ1n) is 14.1. The van der Waals surface area contributed by atoms with Crippen LogP contribution in [0.25, 0.3) is 11.0 Å². The van der Waals surface area contributed by atoms with E-state index in [0.29, 0.717) is 11.5 Å². The van der Waals surface area contributed by atoms with Crippen molar-refractivity contribution in [2.75, 3.05) is 18.5 Å². The normalized spacial score (nSPS) is 26.3. The molecule has 0 N–H and O–H groups in total. The zero-order valence-electron chi connectivity index (χ0n) is 23.1. The number of aromatic nitrogens is 5. The van der Waals surface area contributed by atoms with Gasteiger partial charge in [0.2, 0.25) is 0 Å². The van der Waals surface area contributed by atoms with Gasteiger partial charge >= 0.3 is 0 Å². The maximum absolute atomic E-state index is 5.17. The molecule has 1 aliphatic heterocycles. The molecule has 0 spiro atoms. The lowest BCUT2D eigenvalue weighted by Gasteiger charge is -2.52. The highest BCUT2D eigenvalue weighted by molar-refractivity contribution is 5.89. The summed E-state index contributed by atoms with van der Waals surface area (Å²) in [5.74, 6) is 0.847. The fourth-order valence-corrected chi connectivity index (χ4v) is 7.68. The average molecular weight is 490 g/mol. The molecule has 3 aromatic rings. The minimum Gasteiger partial charge on any atom is -0.366 e. The molecule has 194 valence electrons. The van der Waals surface area contributed by atoms with Crippen LogP contribution < -0.4 is 4.90 Å². The summed E-state index contributed by atoms with van der Waals surface area (Å²) in [6, 6.07) is 3.61. The smallest absolute Gasteiger partial charge is 0.159 e. The van der Waals surface area contributed by atoms with Crippen LogP contribution in [0.5, 0.6) is 0 Å². The summed E-state index contributed by atoms with van der Waals surface area (Å²) in [5, 5.41) is 10.8. The first kappa shape index (κ1) is 24.0. The lowest BCUT2D eigenvalue weighted by atomic mass is 9.60. The maximum atomic E-state index is 5.17. The maximum Gasteiger partial charge on any atom is 0.159 e. The molecule has 0 saturated heterocycles. The van der Waals surface area contributed by atoms with Crippen molar-refractivity contribution in [1.29, 1.82) is 0 Å². The molecule has 0 radical (unpaired) electrons. The van der Waals surface area contributed by atoms with Crippen LogP contribution in [0.3, 0.4) is 0 Å². The second-order valence-electron chi connectivity index (χ2n) is 12.3. The zero-order valence-corrected chi connectivity index (χ0v) is 23.1. The molecule has 7 nitrogen and oxygen atoms in total. The predicted octanol–water partition coefficient (Wildman–Crippen LogP) is 5.02. The predicted molar refractivity (Wildman–Crippen MR) is 145 cm³/mol. The molecular formula is C29H43N7. The van der Waals surface area contributed by atoms with Crippen LogP contribution in [0.15, 0.2) is 12.3 Å². The van der Waals surface area contributed by atoms with Crippen molar-refractivity contribution < 1.29 is 0 Å². The van der Waals surface area contributed by atoms with Crippen molar-refractivity contribution in [3.05, 3.63) is 34.9 Å². The number of hydrogen-bond acceptors (Lipinski definition) is 5. The molecule has 2 bridgehead atoms. The highest BCUT2D eigenvalue weighted by atomic mass is 15.3. The molecular weight excluding hydrogens is 446 g/mol. The van der Waals surface area contributed by atoms with E-state index in [2.05, 4.69) is 60.4 Å². The minimum atomic E-state index is 0.435. The Morgan fingerprint density at radius 1 is 1.19 bits per heavy atom. The van der Waals surface area contributed by atoms with Gasteiger partial charge in [0, 0.05) is 62.1 Å². The van der Waals surface area contributed by atoms with Gasteiger partial charge < -0.3 is 9.80 Å². The Morgan fingerprint density at radius 3 is 2.83 bits per heavy atom. The fourth-order valence-electron chi connectivity index (χ4n) is 7.68. The number of hydrogen-bond donors (Lipinski definition) is 0. The second-order valence-corrected chi connectivity index (χ2v) is 12.3. The summed E-state index contributed by atoms with van der Waals surface area (Å²) >= 11 is 0. The molecule has 2 saturated carbocycles. The first-order chi connectivity index (χ1) is 17.2. The van der Waals surface area contributed by atoms with Crippen molar-refractivity contribution in [2.45, 2.75) is 97.8 Å². The molecule has 36 heavy (non-hydrogen) atoms. The van der Waals surface area contributed by atoms with Gasteiger partial charge in [-0.05, 0) is 84.2 Å². The van der Waals surface area contributed by atoms with E-state index in [1.807, 2.05) is 17.9 Å². The minimum absolute atomic E-state index is 0.435. The van der Waals surface area contributed by atoms with Gasteiger partial charge in [-0.1, -0.05) is 6.42 Å². The van der Waals surface area contributed by atoms with Crippen LogP contribution in [0.4, 0.5) is 5.69 Å². The molecule has 3 aromatic heterocycles. The Kier molecular flexibility index (Phi) is 5.90. The molecule has 0 amide bonds. The molecule has 3 aliphatic rings. The van der Waals surface area contributed by atoms with Crippen LogP contribution >= 0.6 is 0 Å². The van der Waals surface area contributed by atoms with Crippen LogP contribution in [0.1, 0.15) is 75.0 Å². The summed E-state index contributed by atoms with van der Waals surface area (Å²) < 4.78 is 4.32. The van der Waals surface area contributed by atoms with Crippen LogP contribution in [0, 0.1) is 25.2 Å². The molecule has 4 heterocycles. The number of nitrogens with zero attached hydrogens (tertiary/aromatic N) is 7. The topological polar surface area (TPSA) is 55.0 Å². The van der Waals surface area contributed by atoms with Crippen LogP contribution in [0.2, 0.25) is 0 Å². The van der Waals surface area contributed by atoms with Gasteiger partial charge in [0.15, 0.2) is 5.65 Å². The van der Waals surface area contributed by atoms with Crippen LogP contribution in [-0.2, 0) is 26.6 Å². The Bertz CT molecular complexity index is 1270. The van der Waals surface area contributed by atoms with Crippen molar-refractivity contribution in [1.82, 2.24) is 29.4 Å². The number of pyridine rings is 1. The molecule has 2 fully saturated rings. The summed E-state index contributed by atoms with van der Waals surface area (Å²) in [6.07, 6.45) is 11.2. The highest BCUT2D eigenvalue weighted by Crippen LogP contribution is 2.51. The molecule has 7 heteroatoms. The van der Waals surface area contributed by atoms with E-state index in [1.165, 1.54) is 61.2 Å².